The van der Waals surface area contributed by atoms with Crippen molar-refractivity contribution in [2.45, 2.75) is 19.4 Å². The molecule has 30 heavy (non-hydrogen) atoms. The number of carbonyl (C=O) groups excluding carboxylic acids is 3. The summed E-state index contributed by atoms with van der Waals surface area (Å²) in [5, 5.41) is 13.5. The molecule has 0 spiro atoms. The van der Waals surface area contributed by atoms with Gasteiger partial charge in [0, 0.05) is 24.3 Å². The molecule has 0 fully saturated rings. The highest BCUT2D eigenvalue weighted by molar-refractivity contribution is 6.44. The molecule has 156 valence electrons. The van der Waals surface area contributed by atoms with Crippen LogP contribution in [0.1, 0.15) is 13.3 Å². The lowest BCUT2D eigenvalue weighted by Crippen LogP contribution is -2.39. The van der Waals surface area contributed by atoms with Crippen LogP contribution in [0.25, 0.3) is 0 Å². The van der Waals surface area contributed by atoms with Crippen molar-refractivity contribution in [3.8, 4) is 0 Å². The smallest absolute Gasteiger partial charge is 0.319 e. The molecule has 1 heterocycles. The molecule has 2 aromatic carbocycles. The Bertz CT molecular complexity index is 992. The Morgan fingerprint density at radius 3 is 2.43 bits per heavy atom. The Kier molecular flexibility index (Phi) is 6.26. The van der Waals surface area contributed by atoms with Gasteiger partial charge in [0.1, 0.15) is 17.6 Å². The number of primary amides is 1. The Morgan fingerprint density at radius 1 is 1.13 bits per heavy atom. The van der Waals surface area contributed by atoms with Gasteiger partial charge in [-0.3, -0.25) is 14.6 Å². The summed E-state index contributed by atoms with van der Waals surface area (Å²) in [6, 6.07) is 10.7. The van der Waals surface area contributed by atoms with Crippen LogP contribution in [-0.2, 0) is 9.59 Å². The minimum atomic E-state index is -0.859. The fourth-order valence-corrected chi connectivity index (χ4v) is 2.91. The van der Waals surface area contributed by atoms with Crippen molar-refractivity contribution in [1.29, 1.82) is 0 Å². The zero-order valence-electron chi connectivity index (χ0n) is 16.2. The number of carbonyl (C=O) groups is 3. The number of hydrogen-bond donors (Lipinski definition) is 4. The van der Waals surface area contributed by atoms with E-state index in [-0.39, 0.29) is 18.2 Å². The van der Waals surface area contributed by atoms with E-state index in [4.69, 9.17) is 5.73 Å². The molecule has 1 unspecified atom stereocenters. The van der Waals surface area contributed by atoms with Gasteiger partial charge in [-0.2, -0.15) is 5.10 Å². The molecule has 3 rings (SSSR count). The second-order valence-corrected chi connectivity index (χ2v) is 6.51. The van der Waals surface area contributed by atoms with Crippen molar-refractivity contribution in [2.75, 3.05) is 22.2 Å². The molecule has 1 aliphatic rings. The highest BCUT2D eigenvalue weighted by atomic mass is 19.1. The van der Waals surface area contributed by atoms with Gasteiger partial charge in [0.15, 0.2) is 0 Å². The average molecular weight is 412 g/mol. The Balaban J connectivity index is 1.75. The van der Waals surface area contributed by atoms with Crippen molar-refractivity contribution < 1.29 is 18.8 Å². The molecule has 0 saturated heterocycles. The summed E-state index contributed by atoms with van der Waals surface area (Å²) in [5.41, 5.74) is 6.93. The van der Waals surface area contributed by atoms with Crippen LogP contribution in [0.5, 0.6) is 0 Å². The van der Waals surface area contributed by atoms with Crippen LogP contribution in [0.4, 0.5) is 26.2 Å². The van der Waals surface area contributed by atoms with Crippen LogP contribution in [0.2, 0.25) is 0 Å². The van der Waals surface area contributed by atoms with E-state index in [9.17, 15) is 18.8 Å². The lowest BCUT2D eigenvalue weighted by Gasteiger charge is -2.20. The third-order valence-corrected chi connectivity index (χ3v) is 4.31. The molecule has 9 nitrogen and oxygen atoms in total. The SMILES string of the molecule is CCNC(=O)Nc1cccc(NC(=O)C2=NN(c3ccc(F)cc3)C(C(N)=O)C2)c1. The number of nitrogens with two attached hydrogens (primary N) is 1. The van der Waals surface area contributed by atoms with Crippen LogP contribution < -0.4 is 26.7 Å². The van der Waals surface area contributed by atoms with E-state index in [1.807, 2.05) is 0 Å². The van der Waals surface area contributed by atoms with Gasteiger partial charge >= 0.3 is 6.03 Å². The van der Waals surface area contributed by atoms with Crippen molar-refractivity contribution >= 4 is 40.6 Å². The number of hydrogen-bond acceptors (Lipinski definition) is 5. The Morgan fingerprint density at radius 2 is 1.80 bits per heavy atom. The standard InChI is InChI=1S/C20H21FN6O3/c1-2-23-20(30)25-14-5-3-4-13(10-14)24-19(29)16-11-17(18(22)28)27(26-16)15-8-6-12(21)7-9-15/h3-10,17H,2,11H2,1H3,(H2,22,28)(H,24,29)(H2,23,25,30). The summed E-state index contributed by atoms with van der Waals surface area (Å²) < 4.78 is 13.2. The lowest BCUT2D eigenvalue weighted by molar-refractivity contribution is -0.119. The lowest BCUT2D eigenvalue weighted by atomic mass is 10.1. The molecular formula is C20H21FN6O3. The van der Waals surface area contributed by atoms with E-state index in [0.717, 1.165) is 0 Å². The minimum absolute atomic E-state index is 0.00932. The van der Waals surface area contributed by atoms with Gasteiger partial charge in [-0.05, 0) is 49.4 Å². The fourth-order valence-electron chi connectivity index (χ4n) is 2.91. The summed E-state index contributed by atoms with van der Waals surface area (Å²) in [7, 11) is 0. The molecule has 10 heteroatoms. The summed E-state index contributed by atoms with van der Waals surface area (Å²) in [6.07, 6.45) is 0.00932. The molecule has 0 aromatic heterocycles. The largest absolute Gasteiger partial charge is 0.368 e. The van der Waals surface area contributed by atoms with Crippen molar-refractivity contribution in [1.82, 2.24) is 5.32 Å². The zero-order valence-corrected chi connectivity index (χ0v) is 16.2. The first-order chi connectivity index (χ1) is 14.4. The number of rotatable bonds is 6. The van der Waals surface area contributed by atoms with Crippen molar-refractivity contribution in [3.05, 3.63) is 54.3 Å². The molecular weight excluding hydrogens is 391 g/mol. The van der Waals surface area contributed by atoms with Crippen LogP contribution >= 0.6 is 0 Å². The van der Waals surface area contributed by atoms with E-state index < -0.39 is 23.7 Å². The first kappa shape index (κ1) is 20.8. The quantitative estimate of drug-likeness (QED) is 0.578. The third-order valence-electron chi connectivity index (χ3n) is 4.31. The van der Waals surface area contributed by atoms with Crippen LogP contribution in [-0.4, -0.2) is 36.1 Å². The maximum Gasteiger partial charge on any atom is 0.319 e. The Hall–Kier alpha value is -3.95. The molecule has 5 N–H and O–H groups in total. The van der Waals surface area contributed by atoms with Gasteiger partial charge in [-0.1, -0.05) is 6.07 Å². The number of benzene rings is 2. The minimum Gasteiger partial charge on any atom is -0.368 e. The fraction of sp³-hybridized carbons (Fsp3) is 0.200. The molecule has 4 amide bonds. The summed E-state index contributed by atoms with van der Waals surface area (Å²) in [6.45, 7) is 2.28. The average Bonchev–Trinajstić information content (AvgIpc) is 3.15. The van der Waals surface area contributed by atoms with E-state index in [2.05, 4.69) is 21.1 Å². The maximum absolute atomic E-state index is 13.2. The summed E-state index contributed by atoms with van der Waals surface area (Å²) in [4.78, 5) is 36.1. The predicted octanol–water partition coefficient (Wildman–Crippen LogP) is 2.03. The zero-order chi connectivity index (χ0) is 21.7. The second kappa shape index (κ2) is 9.03. The van der Waals surface area contributed by atoms with Gasteiger partial charge < -0.3 is 21.7 Å². The highest BCUT2D eigenvalue weighted by Gasteiger charge is 2.35. The van der Waals surface area contributed by atoms with Gasteiger partial charge in [0.25, 0.3) is 5.91 Å². The number of halogens is 1. The first-order valence-electron chi connectivity index (χ1n) is 9.25. The molecule has 0 radical (unpaired) electrons. The van der Waals surface area contributed by atoms with Crippen molar-refractivity contribution in [3.63, 3.8) is 0 Å². The van der Waals surface area contributed by atoms with E-state index in [1.165, 1.54) is 29.3 Å². The third kappa shape index (κ3) is 4.90. The molecule has 1 aliphatic heterocycles. The summed E-state index contributed by atoms with van der Waals surface area (Å²) >= 11 is 0. The van der Waals surface area contributed by atoms with Gasteiger partial charge in [0.2, 0.25) is 5.91 Å². The predicted molar refractivity (Wildman–Crippen MR) is 112 cm³/mol. The molecule has 0 saturated carbocycles. The van der Waals surface area contributed by atoms with Crippen LogP contribution in [0.15, 0.2) is 53.6 Å². The number of urea groups is 1. The highest BCUT2D eigenvalue weighted by Crippen LogP contribution is 2.25. The van der Waals surface area contributed by atoms with Crippen LogP contribution in [0, 0.1) is 5.82 Å². The number of anilines is 3. The number of hydrazone groups is 1. The monoisotopic (exact) mass is 412 g/mol. The van der Waals surface area contributed by atoms with Gasteiger partial charge in [-0.25, -0.2) is 9.18 Å². The van der Waals surface area contributed by atoms with Crippen LogP contribution in [0.3, 0.4) is 0 Å². The molecule has 1 atom stereocenters. The number of amides is 4. The van der Waals surface area contributed by atoms with Crippen molar-refractivity contribution in [2.24, 2.45) is 10.8 Å². The first-order valence-corrected chi connectivity index (χ1v) is 9.25. The number of nitrogens with zero attached hydrogens (tertiary/aromatic N) is 2. The maximum atomic E-state index is 13.2. The van der Waals surface area contributed by atoms with E-state index >= 15 is 0 Å². The van der Waals surface area contributed by atoms with Gasteiger partial charge in [-0.15, -0.1) is 0 Å². The van der Waals surface area contributed by atoms with Gasteiger partial charge in [0.05, 0.1) is 5.69 Å². The topological polar surface area (TPSA) is 129 Å². The molecule has 2 aromatic rings. The summed E-state index contributed by atoms with van der Waals surface area (Å²) in [5.74, 6) is -1.60. The van der Waals surface area contributed by atoms with E-state index in [0.29, 0.717) is 23.6 Å². The normalized spacial score (nSPS) is 15.3. The molecule has 0 bridgehead atoms. The Labute approximate surface area is 172 Å². The second-order valence-electron chi connectivity index (χ2n) is 6.51. The number of nitrogens with one attached hydrogen (secondary N) is 3. The van der Waals surface area contributed by atoms with E-state index in [1.54, 1.807) is 31.2 Å². The molecule has 0 aliphatic carbocycles.